The Labute approximate surface area is 113 Å². The summed E-state index contributed by atoms with van der Waals surface area (Å²) in [6.45, 7) is 4.17. The Balaban J connectivity index is 2.35. The van der Waals surface area contributed by atoms with Crippen LogP contribution in [0.5, 0.6) is 0 Å². The maximum absolute atomic E-state index is 13.8. The summed E-state index contributed by atoms with van der Waals surface area (Å²) in [5.41, 5.74) is 2.68. The van der Waals surface area contributed by atoms with Crippen molar-refractivity contribution in [2.24, 2.45) is 0 Å². The molecule has 0 fully saturated rings. The van der Waals surface area contributed by atoms with E-state index in [1.54, 1.807) is 16.8 Å². The van der Waals surface area contributed by atoms with Gasteiger partial charge in [0.25, 0.3) is 0 Å². The normalized spacial score (nSPS) is 10.4. The monoisotopic (exact) mass is 307 g/mol. The third-order valence-corrected chi connectivity index (χ3v) is 3.94. The molecule has 0 atom stereocenters. The summed E-state index contributed by atoms with van der Waals surface area (Å²) in [5.74, 6) is -0.377. The van der Waals surface area contributed by atoms with Crippen molar-refractivity contribution >= 4 is 15.9 Å². The van der Waals surface area contributed by atoms with E-state index in [2.05, 4.69) is 21.0 Å². The number of nitriles is 1. The second kappa shape index (κ2) is 4.91. The number of hydrogen-bond donors (Lipinski definition) is 0. The van der Waals surface area contributed by atoms with Crippen LogP contribution >= 0.6 is 15.9 Å². The molecular formula is C13H11BrFN3. The van der Waals surface area contributed by atoms with E-state index in [-0.39, 0.29) is 5.82 Å². The summed E-state index contributed by atoms with van der Waals surface area (Å²) in [5, 5.41) is 13.0. The van der Waals surface area contributed by atoms with Gasteiger partial charge >= 0.3 is 0 Å². The predicted octanol–water partition coefficient (Wildman–Crippen LogP) is 3.32. The second-order valence-corrected chi connectivity index (χ2v) is 4.85. The molecule has 3 nitrogen and oxygen atoms in total. The maximum atomic E-state index is 13.8. The van der Waals surface area contributed by atoms with E-state index in [1.165, 1.54) is 6.07 Å². The van der Waals surface area contributed by atoms with Crippen molar-refractivity contribution in [1.82, 2.24) is 9.78 Å². The van der Waals surface area contributed by atoms with Crippen LogP contribution < -0.4 is 0 Å². The van der Waals surface area contributed by atoms with Crippen LogP contribution in [-0.4, -0.2) is 9.78 Å². The Hall–Kier alpha value is -1.67. The molecule has 92 valence electrons. The zero-order chi connectivity index (χ0) is 13.3. The molecule has 0 radical (unpaired) electrons. The Morgan fingerprint density at radius 3 is 2.67 bits per heavy atom. The third-order valence-electron chi connectivity index (χ3n) is 2.80. The van der Waals surface area contributed by atoms with Crippen molar-refractivity contribution < 1.29 is 4.39 Å². The minimum atomic E-state index is -0.377. The predicted molar refractivity (Wildman–Crippen MR) is 69.6 cm³/mol. The topological polar surface area (TPSA) is 41.6 Å². The van der Waals surface area contributed by atoms with Crippen molar-refractivity contribution in [2.45, 2.75) is 20.4 Å². The minimum absolute atomic E-state index is 0.325. The minimum Gasteiger partial charge on any atom is -0.264 e. The van der Waals surface area contributed by atoms with Gasteiger partial charge in [0.05, 0.1) is 34.0 Å². The molecule has 2 aromatic rings. The van der Waals surface area contributed by atoms with Crippen LogP contribution in [0, 0.1) is 31.0 Å². The average molecular weight is 308 g/mol. The Bertz CT molecular complexity index is 640. The molecule has 0 aliphatic rings. The first-order valence-corrected chi connectivity index (χ1v) is 6.20. The van der Waals surface area contributed by atoms with E-state index in [0.717, 1.165) is 15.9 Å². The number of aryl methyl sites for hydroxylation is 1. The van der Waals surface area contributed by atoms with Crippen molar-refractivity contribution in [1.29, 1.82) is 5.26 Å². The summed E-state index contributed by atoms with van der Waals surface area (Å²) in [6, 6.07) is 6.39. The van der Waals surface area contributed by atoms with Gasteiger partial charge in [-0.15, -0.1) is 0 Å². The van der Waals surface area contributed by atoms with Gasteiger partial charge in [-0.05, 0) is 41.9 Å². The van der Waals surface area contributed by atoms with Crippen LogP contribution in [0.2, 0.25) is 0 Å². The smallest absolute Gasteiger partial charge is 0.129 e. The number of rotatable bonds is 2. The second-order valence-electron chi connectivity index (χ2n) is 4.06. The quantitative estimate of drug-likeness (QED) is 0.854. The van der Waals surface area contributed by atoms with E-state index < -0.39 is 0 Å². The van der Waals surface area contributed by atoms with E-state index in [0.29, 0.717) is 17.7 Å². The summed E-state index contributed by atoms with van der Waals surface area (Å²) in [7, 11) is 0. The fraction of sp³-hybridized carbons (Fsp3) is 0.231. The highest BCUT2D eigenvalue weighted by Gasteiger charge is 2.11. The van der Waals surface area contributed by atoms with Crippen LogP contribution in [0.25, 0.3) is 0 Å². The molecule has 0 saturated heterocycles. The molecular weight excluding hydrogens is 297 g/mol. The zero-order valence-corrected chi connectivity index (χ0v) is 11.6. The number of hydrogen-bond acceptors (Lipinski definition) is 2. The highest BCUT2D eigenvalue weighted by Crippen LogP contribution is 2.21. The Morgan fingerprint density at radius 2 is 2.17 bits per heavy atom. The molecule has 0 spiro atoms. The van der Waals surface area contributed by atoms with Gasteiger partial charge in [0.15, 0.2) is 0 Å². The number of nitrogens with zero attached hydrogens (tertiary/aromatic N) is 3. The molecule has 1 aromatic carbocycles. The van der Waals surface area contributed by atoms with Gasteiger partial charge in [0.1, 0.15) is 5.82 Å². The van der Waals surface area contributed by atoms with E-state index >= 15 is 0 Å². The van der Waals surface area contributed by atoms with Crippen LogP contribution in [0.1, 0.15) is 22.5 Å². The lowest BCUT2D eigenvalue weighted by Crippen LogP contribution is -2.06. The first-order valence-electron chi connectivity index (χ1n) is 5.41. The fourth-order valence-electron chi connectivity index (χ4n) is 1.74. The highest BCUT2D eigenvalue weighted by atomic mass is 79.9. The van der Waals surface area contributed by atoms with Crippen LogP contribution in [0.15, 0.2) is 22.7 Å². The highest BCUT2D eigenvalue weighted by molar-refractivity contribution is 9.10. The lowest BCUT2D eigenvalue weighted by Gasteiger charge is -2.06. The van der Waals surface area contributed by atoms with Crippen LogP contribution in [0.3, 0.4) is 0 Å². The zero-order valence-electron chi connectivity index (χ0n) is 10.0. The van der Waals surface area contributed by atoms with E-state index in [4.69, 9.17) is 5.26 Å². The Morgan fingerprint density at radius 1 is 1.44 bits per heavy atom. The molecule has 5 heteroatoms. The largest absolute Gasteiger partial charge is 0.264 e. The number of aromatic nitrogens is 2. The van der Waals surface area contributed by atoms with Gasteiger partial charge in [-0.2, -0.15) is 10.4 Å². The van der Waals surface area contributed by atoms with Gasteiger partial charge in [-0.25, -0.2) is 4.39 Å². The van der Waals surface area contributed by atoms with E-state index in [1.807, 2.05) is 19.9 Å². The molecule has 2 rings (SSSR count). The molecule has 0 aliphatic heterocycles. The first kappa shape index (κ1) is 12.8. The van der Waals surface area contributed by atoms with Crippen molar-refractivity contribution in [2.75, 3.05) is 0 Å². The molecule has 1 heterocycles. The molecule has 0 unspecified atom stereocenters. The molecule has 18 heavy (non-hydrogen) atoms. The Kier molecular flexibility index (Phi) is 3.48. The van der Waals surface area contributed by atoms with Gasteiger partial charge in [0, 0.05) is 5.56 Å². The molecule has 0 aliphatic carbocycles. The molecule has 0 amide bonds. The standard InChI is InChI=1S/C13H11BrFN3/c1-8-13(14)9(2)18(17-8)7-11-4-3-10(6-16)5-12(11)15/h3-5H,7H2,1-2H3. The number of benzene rings is 1. The van der Waals surface area contributed by atoms with Crippen LogP contribution in [-0.2, 0) is 6.54 Å². The van der Waals surface area contributed by atoms with Gasteiger partial charge in [-0.1, -0.05) is 6.07 Å². The molecule has 0 bridgehead atoms. The van der Waals surface area contributed by atoms with E-state index in [9.17, 15) is 4.39 Å². The summed E-state index contributed by atoms with van der Waals surface area (Å²) >= 11 is 3.43. The summed E-state index contributed by atoms with van der Waals surface area (Å²) < 4.78 is 16.4. The molecule has 0 N–H and O–H groups in total. The van der Waals surface area contributed by atoms with Crippen molar-refractivity contribution in [3.8, 4) is 6.07 Å². The molecule has 1 aromatic heterocycles. The van der Waals surface area contributed by atoms with Gasteiger partial charge in [-0.3, -0.25) is 4.68 Å². The SMILES string of the molecule is Cc1nn(Cc2ccc(C#N)cc2F)c(C)c1Br. The summed E-state index contributed by atoms with van der Waals surface area (Å²) in [6.07, 6.45) is 0. The van der Waals surface area contributed by atoms with Gasteiger partial charge < -0.3 is 0 Å². The average Bonchev–Trinajstić information content (AvgIpc) is 2.59. The first-order chi connectivity index (χ1) is 8.52. The number of halogens is 2. The molecule has 0 saturated carbocycles. The van der Waals surface area contributed by atoms with Crippen LogP contribution in [0.4, 0.5) is 4.39 Å². The van der Waals surface area contributed by atoms with Gasteiger partial charge in [0.2, 0.25) is 0 Å². The lowest BCUT2D eigenvalue weighted by atomic mass is 10.1. The fourth-order valence-corrected chi connectivity index (χ4v) is 2.02. The summed E-state index contributed by atoms with van der Waals surface area (Å²) in [4.78, 5) is 0. The van der Waals surface area contributed by atoms with Crippen molar-refractivity contribution in [3.63, 3.8) is 0 Å². The third kappa shape index (κ3) is 2.29. The maximum Gasteiger partial charge on any atom is 0.129 e. The lowest BCUT2D eigenvalue weighted by molar-refractivity contribution is 0.578. The van der Waals surface area contributed by atoms with Crippen molar-refractivity contribution in [3.05, 3.63) is 51.0 Å².